The Morgan fingerprint density at radius 3 is 2.00 bits per heavy atom. The first kappa shape index (κ1) is 4.73. The Morgan fingerprint density at radius 2 is 2.00 bits per heavy atom. The maximum atomic E-state index is 2.29. The lowest BCUT2D eigenvalue weighted by Gasteiger charge is -1.46. The maximum Gasteiger partial charge on any atom is 0.264 e. The average Bonchev–Trinajstić information content (AvgIpc) is 1.37. The molecule has 0 aliphatic rings. The summed E-state index contributed by atoms with van der Waals surface area (Å²) in [7, 11) is 0. The Labute approximate surface area is 37.9 Å². The summed E-state index contributed by atoms with van der Waals surface area (Å²) in [6, 6.07) is 0. The van der Waals surface area contributed by atoms with Gasteiger partial charge in [0.05, 0.1) is 0 Å². The summed E-state index contributed by atoms with van der Waals surface area (Å²) >= 11 is 0.611. The van der Waals surface area contributed by atoms with Gasteiger partial charge in [0.2, 0.25) is 0 Å². The second-order valence-corrected chi connectivity index (χ2v) is 3.59. The molecule has 4 heavy (non-hydrogen) atoms. The van der Waals surface area contributed by atoms with E-state index in [0.717, 1.165) is 0 Å². The van der Waals surface area contributed by atoms with Gasteiger partial charge in [-0.1, -0.05) is 0 Å². The van der Waals surface area contributed by atoms with E-state index in [2.05, 4.69) is 11.9 Å². The lowest BCUT2D eigenvalue weighted by molar-refractivity contribution is -0.623. The molecule has 0 N–H and O–H groups in total. The molecule has 0 heterocycles. The first-order valence-corrected chi connectivity index (χ1v) is 5.04. The zero-order valence-electron chi connectivity index (χ0n) is 3.09. The third kappa shape index (κ3) is 2.73. The zero-order chi connectivity index (χ0) is 3.41. The predicted octanol–water partition coefficient (Wildman–Crippen LogP) is -2.27. The van der Waals surface area contributed by atoms with Gasteiger partial charge < -0.3 is 0 Å². The van der Waals surface area contributed by atoms with Gasteiger partial charge in [0.15, 0.2) is 0 Å². The molecule has 0 spiro atoms. The molecule has 1 heteroatoms. The monoisotopic (exact) mass is 171 g/mol. The molecule has 0 bridgehead atoms. The molecular formula is C3H8I+. The van der Waals surface area contributed by atoms with Gasteiger partial charge in [-0.15, -0.1) is 0 Å². The first-order chi connectivity index (χ1) is 1.91. The van der Waals surface area contributed by atoms with Crippen LogP contribution in [0.4, 0.5) is 0 Å². The zero-order valence-corrected chi connectivity index (χ0v) is 5.24. The fraction of sp³-hybridized carbons (Fsp3) is 1.00. The second kappa shape index (κ2) is 3.73. The molecule has 0 aliphatic heterocycles. The Morgan fingerprint density at radius 1 is 1.75 bits per heavy atom. The number of halogens is 1. The third-order valence-corrected chi connectivity index (χ3v) is 1.79. The van der Waals surface area contributed by atoms with Crippen LogP contribution in [-0.2, 0) is 0 Å². The largest absolute Gasteiger partial charge is 0.264 e. The average molecular weight is 171 g/mol. The molecule has 0 nitrogen and oxygen atoms in total. The molecular weight excluding hydrogens is 163 g/mol. The van der Waals surface area contributed by atoms with E-state index in [9.17, 15) is 0 Å². The highest BCUT2D eigenvalue weighted by Gasteiger charge is 1.79. The lowest BCUT2D eigenvalue weighted by Crippen LogP contribution is -3.61. The van der Waals surface area contributed by atoms with Crippen LogP contribution in [-0.4, -0.2) is 9.36 Å². The highest BCUT2D eigenvalue weighted by Crippen LogP contribution is 1.12. The van der Waals surface area contributed by atoms with Crippen molar-refractivity contribution in [3.8, 4) is 0 Å². The Bertz CT molecular complexity index is 5.25. The summed E-state index contributed by atoms with van der Waals surface area (Å²) < 4.78 is 1.43. The molecule has 0 aromatic heterocycles. The van der Waals surface area contributed by atoms with E-state index in [1.807, 2.05) is 0 Å². The van der Waals surface area contributed by atoms with Crippen LogP contribution in [0.5, 0.6) is 0 Å². The predicted molar refractivity (Wildman–Crippen MR) is 16.5 cm³/mol. The van der Waals surface area contributed by atoms with Crippen LogP contribution >= 0.6 is 0 Å². The van der Waals surface area contributed by atoms with Crippen molar-refractivity contribution in [3.63, 3.8) is 0 Å². The lowest BCUT2D eigenvalue weighted by atomic mass is 11.0. The number of alkyl halides is 2. The summed E-state index contributed by atoms with van der Waals surface area (Å²) in [5.41, 5.74) is 0. The molecule has 0 atom stereocenters. The molecule has 0 saturated carbocycles. The number of hydrogen-bond acceptors (Lipinski definition) is 0. The molecule has 0 rings (SSSR count). The standard InChI is InChI=1S/C3H8I/c1-3-4-2/h3H2,1-2H3/q+1. The molecule has 0 saturated heterocycles. The molecule has 0 fully saturated rings. The summed E-state index contributed by atoms with van der Waals surface area (Å²) in [6.07, 6.45) is 0. The molecule has 0 aromatic carbocycles. The number of hydrogen-bond donors (Lipinski definition) is 0. The molecule has 0 amide bonds. The minimum Gasteiger partial charge on any atom is -0.0209 e. The summed E-state index contributed by atoms with van der Waals surface area (Å²) in [6.45, 7) is 2.23. The van der Waals surface area contributed by atoms with Crippen molar-refractivity contribution in [2.45, 2.75) is 6.92 Å². The normalized spacial score (nSPS) is 7.50. The topological polar surface area (TPSA) is 0 Å². The summed E-state index contributed by atoms with van der Waals surface area (Å²) in [5.74, 6) is 0. The van der Waals surface area contributed by atoms with Gasteiger partial charge in [0.25, 0.3) is 21.2 Å². The van der Waals surface area contributed by atoms with Gasteiger partial charge in [-0.3, -0.25) is 0 Å². The second-order valence-electron chi connectivity index (χ2n) is 0.535. The van der Waals surface area contributed by atoms with Crippen molar-refractivity contribution < 1.29 is 21.2 Å². The van der Waals surface area contributed by atoms with E-state index < -0.39 is 0 Å². The van der Waals surface area contributed by atoms with Crippen LogP contribution in [0.1, 0.15) is 6.92 Å². The van der Waals surface area contributed by atoms with Gasteiger partial charge in [0, 0.05) is 0 Å². The Balaban J connectivity index is 1.97. The van der Waals surface area contributed by atoms with Crippen LogP contribution < -0.4 is 21.2 Å². The van der Waals surface area contributed by atoms with Gasteiger partial charge in [0.1, 0.15) is 9.36 Å². The highest BCUT2D eigenvalue weighted by molar-refractivity contribution is 3.84. The highest BCUT2D eigenvalue weighted by atomic mass is 127. The van der Waals surface area contributed by atoms with E-state index in [1.54, 1.807) is 0 Å². The first-order valence-electron chi connectivity index (χ1n) is 1.35. The molecule has 0 aromatic rings. The maximum absolute atomic E-state index is 2.29. The van der Waals surface area contributed by atoms with Crippen LogP contribution in [0.3, 0.4) is 0 Å². The van der Waals surface area contributed by atoms with Crippen LogP contribution in [0, 0.1) is 0 Å². The van der Waals surface area contributed by atoms with Gasteiger partial charge in [-0.05, 0) is 6.92 Å². The van der Waals surface area contributed by atoms with Gasteiger partial charge in [-0.2, -0.15) is 0 Å². The quantitative estimate of drug-likeness (QED) is 0.308. The summed E-state index contributed by atoms with van der Waals surface area (Å²) in [4.78, 5) is 2.29. The number of rotatable bonds is 1. The summed E-state index contributed by atoms with van der Waals surface area (Å²) in [5, 5.41) is 0. The molecule has 0 aliphatic carbocycles. The van der Waals surface area contributed by atoms with E-state index in [4.69, 9.17) is 0 Å². The van der Waals surface area contributed by atoms with Crippen LogP contribution in [0.2, 0.25) is 0 Å². The fourth-order valence-electron chi connectivity index (χ4n) is 0. The molecule has 26 valence electrons. The fourth-order valence-corrected chi connectivity index (χ4v) is 0. The van der Waals surface area contributed by atoms with E-state index >= 15 is 0 Å². The van der Waals surface area contributed by atoms with Gasteiger partial charge in [-0.25, -0.2) is 0 Å². The van der Waals surface area contributed by atoms with Crippen molar-refractivity contribution in [1.29, 1.82) is 0 Å². The SMILES string of the molecule is CC[I+]C. The van der Waals surface area contributed by atoms with Crippen molar-refractivity contribution >= 4 is 0 Å². The van der Waals surface area contributed by atoms with Crippen molar-refractivity contribution in [1.82, 2.24) is 0 Å². The smallest absolute Gasteiger partial charge is 0.0209 e. The van der Waals surface area contributed by atoms with Crippen molar-refractivity contribution in [2.75, 3.05) is 9.36 Å². The van der Waals surface area contributed by atoms with Gasteiger partial charge >= 0.3 is 0 Å². The van der Waals surface area contributed by atoms with Crippen LogP contribution in [0.15, 0.2) is 0 Å². The molecule has 0 radical (unpaired) electrons. The van der Waals surface area contributed by atoms with E-state index in [1.165, 1.54) is 4.43 Å². The van der Waals surface area contributed by atoms with E-state index in [0.29, 0.717) is 21.2 Å². The Kier molecular flexibility index (Phi) is 4.41. The van der Waals surface area contributed by atoms with Crippen LogP contribution in [0.25, 0.3) is 0 Å². The van der Waals surface area contributed by atoms with Crippen molar-refractivity contribution in [2.24, 2.45) is 0 Å². The third-order valence-electron chi connectivity index (χ3n) is 0.267. The van der Waals surface area contributed by atoms with Crippen molar-refractivity contribution in [3.05, 3.63) is 0 Å². The van der Waals surface area contributed by atoms with E-state index in [-0.39, 0.29) is 0 Å². The molecule has 0 unspecified atom stereocenters. The minimum absolute atomic E-state index is 0.611. The Hall–Kier alpha value is 0.730. The minimum atomic E-state index is 0.611.